The van der Waals surface area contributed by atoms with Crippen LogP contribution in [-0.4, -0.2) is 37.7 Å². The van der Waals surface area contributed by atoms with Gasteiger partial charge in [0.05, 0.1) is 6.10 Å². The highest BCUT2D eigenvalue weighted by atomic mass is 79.9. The minimum Gasteiger partial charge on any atom is -0.377 e. The van der Waals surface area contributed by atoms with Gasteiger partial charge in [-0.1, -0.05) is 28.1 Å². The standard InChI is InChI=1S/C16H25BrN2O/c1-12-6-7-13(9-15(12)17)16(10-18)19(2)11-14-5-3-4-8-20-14/h6-7,9,14,16H,3-5,8,10-11,18H2,1-2H3. The van der Waals surface area contributed by atoms with Gasteiger partial charge in [0.15, 0.2) is 0 Å². The van der Waals surface area contributed by atoms with Gasteiger partial charge in [-0.25, -0.2) is 0 Å². The summed E-state index contributed by atoms with van der Waals surface area (Å²) in [5, 5.41) is 0. The van der Waals surface area contributed by atoms with Crippen molar-refractivity contribution in [1.82, 2.24) is 4.90 Å². The lowest BCUT2D eigenvalue weighted by Gasteiger charge is -2.32. The lowest BCUT2D eigenvalue weighted by molar-refractivity contribution is -0.00778. The van der Waals surface area contributed by atoms with Crippen LogP contribution < -0.4 is 5.73 Å². The summed E-state index contributed by atoms with van der Waals surface area (Å²) >= 11 is 3.61. The Labute approximate surface area is 130 Å². The number of hydrogen-bond acceptors (Lipinski definition) is 3. The van der Waals surface area contributed by atoms with E-state index in [1.54, 1.807) is 0 Å². The van der Waals surface area contributed by atoms with Crippen LogP contribution in [0.5, 0.6) is 0 Å². The molecule has 112 valence electrons. The molecule has 0 aromatic heterocycles. The quantitative estimate of drug-likeness (QED) is 0.893. The number of ether oxygens (including phenoxy) is 1. The zero-order valence-electron chi connectivity index (χ0n) is 12.4. The highest BCUT2D eigenvalue weighted by Crippen LogP contribution is 2.25. The van der Waals surface area contributed by atoms with E-state index in [0.717, 1.165) is 17.6 Å². The van der Waals surface area contributed by atoms with Crippen LogP contribution in [0.25, 0.3) is 0 Å². The first-order valence-electron chi connectivity index (χ1n) is 7.39. The number of aryl methyl sites for hydroxylation is 1. The van der Waals surface area contributed by atoms with Crippen LogP contribution in [0, 0.1) is 6.92 Å². The molecular weight excluding hydrogens is 316 g/mol. The molecule has 4 heteroatoms. The maximum Gasteiger partial charge on any atom is 0.0702 e. The molecule has 3 nitrogen and oxygen atoms in total. The van der Waals surface area contributed by atoms with Crippen molar-refractivity contribution in [3.63, 3.8) is 0 Å². The number of rotatable bonds is 5. The summed E-state index contributed by atoms with van der Waals surface area (Å²) in [4.78, 5) is 2.33. The SMILES string of the molecule is Cc1ccc(C(CN)N(C)CC2CCCCO2)cc1Br. The monoisotopic (exact) mass is 340 g/mol. The van der Waals surface area contributed by atoms with Crippen LogP contribution in [-0.2, 0) is 4.74 Å². The van der Waals surface area contributed by atoms with E-state index in [1.807, 2.05) is 0 Å². The third-order valence-electron chi connectivity index (χ3n) is 4.10. The number of nitrogens with two attached hydrogens (primary N) is 1. The van der Waals surface area contributed by atoms with Crippen molar-refractivity contribution >= 4 is 15.9 Å². The second-order valence-corrected chi connectivity index (χ2v) is 6.54. The van der Waals surface area contributed by atoms with E-state index in [9.17, 15) is 0 Å². The van der Waals surface area contributed by atoms with Crippen molar-refractivity contribution < 1.29 is 4.74 Å². The number of likely N-dealkylation sites (N-methyl/N-ethyl adjacent to an activating group) is 1. The molecule has 1 saturated heterocycles. The Morgan fingerprint density at radius 3 is 2.85 bits per heavy atom. The van der Waals surface area contributed by atoms with Gasteiger partial charge in [-0.2, -0.15) is 0 Å². The number of nitrogens with zero attached hydrogens (tertiary/aromatic N) is 1. The molecular formula is C16H25BrN2O. The summed E-state index contributed by atoms with van der Waals surface area (Å²) in [5.74, 6) is 0. The predicted octanol–water partition coefficient (Wildman–Crippen LogP) is 3.26. The largest absolute Gasteiger partial charge is 0.377 e. The van der Waals surface area contributed by atoms with E-state index >= 15 is 0 Å². The summed E-state index contributed by atoms with van der Waals surface area (Å²) in [6.07, 6.45) is 4.00. The average molecular weight is 341 g/mol. The van der Waals surface area contributed by atoms with Crippen molar-refractivity contribution in [1.29, 1.82) is 0 Å². The van der Waals surface area contributed by atoms with E-state index < -0.39 is 0 Å². The second-order valence-electron chi connectivity index (χ2n) is 5.69. The van der Waals surface area contributed by atoms with Crippen molar-refractivity contribution in [3.05, 3.63) is 33.8 Å². The molecule has 20 heavy (non-hydrogen) atoms. The zero-order chi connectivity index (χ0) is 14.5. The summed E-state index contributed by atoms with van der Waals surface area (Å²) in [6.45, 7) is 4.58. The molecule has 0 bridgehead atoms. The molecule has 1 aromatic rings. The van der Waals surface area contributed by atoms with Crippen molar-refractivity contribution in [2.75, 3.05) is 26.7 Å². The Bertz CT molecular complexity index is 432. The second kappa shape index (κ2) is 7.55. The molecule has 0 spiro atoms. The normalized spacial score (nSPS) is 21.1. The first-order chi connectivity index (χ1) is 9.61. The molecule has 1 aliphatic heterocycles. The highest BCUT2D eigenvalue weighted by Gasteiger charge is 2.21. The van der Waals surface area contributed by atoms with E-state index in [4.69, 9.17) is 10.5 Å². The molecule has 0 radical (unpaired) electrons. The third kappa shape index (κ3) is 4.04. The van der Waals surface area contributed by atoms with Gasteiger partial charge in [-0.3, -0.25) is 4.90 Å². The summed E-state index contributed by atoms with van der Waals surface area (Å²) in [5.41, 5.74) is 8.52. The van der Waals surface area contributed by atoms with Crippen molar-refractivity contribution in [2.45, 2.75) is 38.3 Å². The summed E-state index contributed by atoms with van der Waals surface area (Å²) in [6, 6.07) is 6.76. The van der Waals surface area contributed by atoms with E-state index in [1.165, 1.54) is 30.4 Å². The molecule has 2 N–H and O–H groups in total. The highest BCUT2D eigenvalue weighted by molar-refractivity contribution is 9.10. The fraction of sp³-hybridized carbons (Fsp3) is 0.625. The lowest BCUT2D eigenvalue weighted by Crippen LogP contribution is -2.38. The topological polar surface area (TPSA) is 38.5 Å². The molecule has 1 aliphatic rings. The maximum absolute atomic E-state index is 6.00. The number of halogens is 1. The Kier molecular flexibility index (Phi) is 6.02. The first-order valence-corrected chi connectivity index (χ1v) is 8.19. The van der Waals surface area contributed by atoms with E-state index in [-0.39, 0.29) is 6.04 Å². The maximum atomic E-state index is 6.00. The van der Waals surface area contributed by atoms with Gasteiger partial charge in [0.1, 0.15) is 0 Å². The molecule has 2 rings (SSSR count). The van der Waals surface area contributed by atoms with Crippen molar-refractivity contribution in [3.8, 4) is 0 Å². The molecule has 1 heterocycles. The van der Waals surface area contributed by atoms with Gasteiger partial charge in [-0.05, 0) is 50.4 Å². The minimum absolute atomic E-state index is 0.248. The van der Waals surface area contributed by atoms with Gasteiger partial charge in [0.25, 0.3) is 0 Å². The van der Waals surface area contributed by atoms with Crippen LogP contribution in [0.2, 0.25) is 0 Å². The van der Waals surface area contributed by atoms with E-state index in [2.05, 4.69) is 53.0 Å². The zero-order valence-corrected chi connectivity index (χ0v) is 14.0. The Morgan fingerprint density at radius 1 is 1.45 bits per heavy atom. The number of benzene rings is 1. The van der Waals surface area contributed by atoms with Crippen LogP contribution in [0.3, 0.4) is 0 Å². The number of hydrogen-bond donors (Lipinski definition) is 1. The Morgan fingerprint density at radius 2 is 2.25 bits per heavy atom. The summed E-state index contributed by atoms with van der Waals surface area (Å²) in [7, 11) is 2.14. The van der Waals surface area contributed by atoms with Crippen molar-refractivity contribution in [2.24, 2.45) is 5.73 Å². The van der Waals surface area contributed by atoms with Gasteiger partial charge < -0.3 is 10.5 Å². The smallest absolute Gasteiger partial charge is 0.0702 e. The predicted molar refractivity (Wildman–Crippen MR) is 86.9 cm³/mol. The molecule has 0 saturated carbocycles. The van der Waals surface area contributed by atoms with Gasteiger partial charge in [0, 0.05) is 30.2 Å². The first kappa shape index (κ1) is 16.0. The third-order valence-corrected chi connectivity index (χ3v) is 4.96. The Balaban J connectivity index is 2.03. The molecule has 2 unspecified atom stereocenters. The molecule has 0 aliphatic carbocycles. The summed E-state index contributed by atoms with van der Waals surface area (Å²) < 4.78 is 6.98. The van der Waals surface area contributed by atoms with Crippen LogP contribution in [0.1, 0.15) is 36.4 Å². The Hall–Kier alpha value is -0.420. The van der Waals surface area contributed by atoms with Crippen LogP contribution >= 0.6 is 15.9 Å². The van der Waals surface area contributed by atoms with Gasteiger partial charge >= 0.3 is 0 Å². The fourth-order valence-electron chi connectivity index (χ4n) is 2.79. The van der Waals surface area contributed by atoms with Crippen LogP contribution in [0.15, 0.2) is 22.7 Å². The fourth-order valence-corrected chi connectivity index (χ4v) is 3.18. The minimum atomic E-state index is 0.248. The van der Waals surface area contributed by atoms with E-state index in [0.29, 0.717) is 12.6 Å². The van der Waals surface area contributed by atoms with Gasteiger partial charge in [-0.15, -0.1) is 0 Å². The molecule has 0 amide bonds. The lowest BCUT2D eigenvalue weighted by atomic mass is 10.0. The molecule has 2 atom stereocenters. The van der Waals surface area contributed by atoms with Crippen LogP contribution in [0.4, 0.5) is 0 Å². The average Bonchev–Trinajstić information content (AvgIpc) is 2.44. The van der Waals surface area contributed by atoms with Gasteiger partial charge in [0.2, 0.25) is 0 Å². The molecule has 1 aromatic carbocycles. The molecule has 1 fully saturated rings.